The third-order valence-electron chi connectivity index (χ3n) is 4.92. The summed E-state index contributed by atoms with van der Waals surface area (Å²) in [7, 11) is 1.68. The van der Waals surface area contributed by atoms with Crippen LogP contribution in [0.1, 0.15) is 47.3 Å². The van der Waals surface area contributed by atoms with E-state index < -0.39 is 11.7 Å². The van der Waals surface area contributed by atoms with Gasteiger partial charge in [-0.05, 0) is 31.9 Å². The van der Waals surface area contributed by atoms with E-state index in [0.717, 1.165) is 12.4 Å². The Labute approximate surface area is 177 Å². The zero-order chi connectivity index (χ0) is 22.6. The summed E-state index contributed by atoms with van der Waals surface area (Å²) in [6.07, 6.45) is 1.57. The van der Waals surface area contributed by atoms with Crippen molar-refractivity contribution in [3.63, 3.8) is 0 Å². The molecule has 0 aliphatic rings. The Morgan fingerprint density at radius 3 is 2.39 bits per heavy atom. The van der Waals surface area contributed by atoms with Crippen LogP contribution in [0.25, 0.3) is 5.69 Å². The van der Waals surface area contributed by atoms with Crippen LogP contribution in [0.4, 0.5) is 13.2 Å². The number of hydrogen-bond acceptors (Lipinski definition) is 6. The van der Waals surface area contributed by atoms with E-state index in [0.29, 0.717) is 36.5 Å². The van der Waals surface area contributed by atoms with Crippen LogP contribution >= 0.6 is 0 Å². The maximum atomic E-state index is 13.2. The molecule has 31 heavy (non-hydrogen) atoms. The molecule has 0 unspecified atom stereocenters. The molecule has 164 valence electrons. The van der Waals surface area contributed by atoms with Gasteiger partial charge in [-0.25, -0.2) is 15.0 Å². The highest BCUT2D eigenvalue weighted by Crippen LogP contribution is 2.27. The number of aryl methyl sites for hydroxylation is 2. The van der Waals surface area contributed by atoms with Crippen LogP contribution in [0.5, 0.6) is 0 Å². The van der Waals surface area contributed by atoms with Crippen LogP contribution < -0.4 is 0 Å². The van der Waals surface area contributed by atoms with E-state index in [-0.39, 0.29) is 17.6 Å². The second-order valence-electron chi connectivity index (χ2n) is 7.04. The van der Waals surface area contributed by atoms with Gasteiger partial charge >= 0.3 is 6.18 Å². The molecule has 3 rings (SSSR count). The van der Waals surface area contributed by atoms with Gasteiger partial charge in [-0.1, -0.05) is 6.92 Å². The molecule has 0 N–H and O–H groups in total. The molecular formula is C20H22F3N7O. The second-order valence-corrected chi connectivity index (χ2v) is 7.04. The minimum Gasteiger partial charge on any atom is -0.337 e. The molecule has 0 fully saturated rings. The summed E-state index contributed by atoms with van der Waals surface area (Å²) in [5, 5.41) is 8.16. The van der Waals surface area contributed by atoms with Crippen LogP contribution in [-0.4, -0.2) is 53.8 Å². The molecule has 1 amide bonds. The summed E-state index contributed by atoms with van der Waals surface area (Å²) in [5.41, 5.74) is 0.482. The van der Waals surface area contributed by atoms with E-state index in [2.05, 4.69) is 25.1 Å². The van der Waals surface area contributed by atoms with Gasteiger partial charge < -0.3 is 4.90 Å². The molecule has 0 saturated carbocycles. The molecule has 0 aliphatic heterocycles. The minimum absolute atomic E-state index is 0.181. The van der Waals surface area contributed by atoms with Crippen molar-refractivity contribution in [1.82, 2.24) is 34.8 Å². The van der Waals surface area contributed by atoms with Crippen molar-refractivity contribution in [2.24, 2.45) is 0 Å². The first-order valence-electron chi connectivity index (χ1n) is 9.70. The van der Waals surface area contributed by atoms with Crippen molar-refractivity contribution in [2.75, 3.05) is 7.05 Å². The highest BCUT2D eigenvalue weighted by Gasteiger charge is 2.31. The third kappa shape index (κ3) is 5.22. The lowest BCUT2D eigenvalue weighted by molar-refractivity contribution is -0.138. The van der Waals surface area contributed by atoms with Crippen molar-refractivity contribution in [3.05, 3.63) is 59.7 Å². The Balaban J connectivity index is 1.74. The molecule has 3 heterocycles. The van der Waals surface area contributed by atoms with E-state index >= 15 is 0 Å². The van der Waals surface area contributed by atoms with Gasteiger partial charge in [0.2, 0.25) is 0 Å². The molecule has 0 aliphatic carbocycles. The summed E-state index contributed by atoms with van der Waals surface area (Å²) < 4.78 is 38.0. The van der Waals surface area contributed by atoms with Gasteiger partial charge in [0.05, 0.1) is 18.0 Å². The van der Waals surface area contributed by atoms with Crippen molar-refractivity contribution in [2.45, 2.75) is 45.3 Å². The van der Waals surface area contributed by atoms with Gasteiger partial charge in [0.25, 0.3) is 5.91 Å². The largest absolute Gasteiger partial charge is 0.419 e. The molecule has 8 nitrogen and oxygen atoms in total. The van der Waals surface area contributed by atoms with Crippen molar-refractivity contribution in [1.29, 1.82) is 0 Å². The number of hydrogen-bond donors (Lipinski definition) is 0. The Bertz CT molecular complexity index is 1020. The highest BCUT2D eigenvalue weighted by atomic mass is 19.4. The maximum absolute atomic E-state index is 13.2. The smallest absolute Gasteiger partial charge is 0.337 e. The summed E-state index contributed by atoms with van der Waals surface area (Å²) in [6.45, 7) is 3.72. The van der Waals surface area contributed by atoms with Crippen LogP contribution in [-0.2, 0) is 12.6 Å². The van der Waals surface area contributed by atoms with Crippen LogP contribution in [0.15, 0.2) is 36.9 Å². The monoisotopic (exact) mass is 433 g/mol. The molecule has 3 aromatic heterocycles. The minimum atomic E-state index is -4.47. The molecule has 1 atom stereocenters. The average Bonchev–Trinajstić information content (AvgIpc) is 3.27. The van der Waals surface area contributed by atoms with E-state index in [1.54, 1.807) is 31.0 Å². The Morgan fingerprint density at radius 1 is 1.16 bits per heavy atom. The van der Waals surface area contributed by atoms with Gasteiger partial charge in [0.15, 0.2) is 5.69 Å². The normalized spacial score (nSPS) is 12.6. The number of carbonyl (C=O) groups excluding carboxylic acids is 1. The number of aromatic nitrogens is 6. The predicted molar refractivity (Wildman–Crippen MR) is 105 cm³/mol. The van der Waals surface area contributed by atoms with E-state index in [4.69, 9.17) is 0 Å². The number of nitrogens with zero attached hydrogens (tertiary/aromatic N) is 7. The van der Waals surface area contributed by atoms with Gasteiger partial charge in [0.1, 0.15) is 11.5 Å². The fourth-order valence-electron chi connectivity index (χ4n) is 3.14. The summed E-state index contributed by atoms with van der Waals surface area (Å²) in [5.74, 6) is -0.00130. The van der Waals surface area contributed by atoms with Crippen LogP contribution in [0.2, 0.25) is 0 Å². The van der Waals surface area contributed by atoms with Gasteiger partial charge in [-0.15, -0.1) is 4.80 Å². The van der Waals surface area contributed by atoms with E-state index in [1.165, 1.54) is 17.2 Å². The molecule has 0 radical (unpaired) electrons. The number of halogens is 3. The molecule has 0 bridgehead atoms. The van der Waals surface area contributed by atoms with Crippen molar-refractivity contribution in [3.8, 4) is 5.69 Å². The van der Waals surface area contributed by atoms with Crippen molar-refractivity contribution >= 4 is 5.91 Å². The van der Waals surface area contributed by atoms with E-state index in [1.807, 2.05) is 6.92 Å². The first-order chi connectivity index (χ1) is 14.7. The lowest BCUT2D eigenvalue weighted by Crippen LogP contribution is -2.38. The third-order valence-corrected chi connectivity index (χ3v) is 4.92. The Morgan fingerprint density at radius 2 is 1.81 bits per heavy atom. The predicted octanol–water partition coefficient (Wildman–Crippen LogP) is 3.26. The number of carbonyl (C=O) groups is 1. The highest BCUT2D eigenvalue weighted by molar-refractivity contribution is 5.95. The lowest BCUT2D eigenvalue weighted by Gasteiger charge is -2.27. The van der Waals surface area contributed by atoms with E-state index in [9.17, 15) is 18.0 Å². The zero-order valence-corrected chi connectivity index (χ0v) is 17.3. The summed E-state index contributed by atoms with van der Waals surface area (Å²) in [4.78, 5) is 28.1. The quantitative estimate of drug-likeness (QED) is 0.568. The molecule has 11 heteroatoms. The van der Waals surface area contributed by atoms with Crippen LogP contribution in [0.3, 0.4) is 0 Å². The molecule has 3 aromatic rings. The van der Waals surface area contributed by atoms with Crippen molar-refractivity contribution < 1.29 is 18.0 Å². The Hall–Kier alpha value is -3.37. The topological polar surface area (TPSA) is 89.7 Å². The Kier molecular flexibility index (Phi) is 6.62. The standard InChI is InChI=1S/C20H22F3N7O/c1-4-15(6-8-17-24-11-14(12-25-17)20(21,22)23)29(3)19(31)18-16(7-5-13(2)28-18)30-26-9-10-27-30/h5,7,9-12,15H,4,6,8H2,1-3H3/t15-/m0/s1. The molecule has 0 spiro atoms. The SMILES string of the molecule is CC[C@@H](CCc1ncc(C(F)(F)F)cn1)N(C)C(=O)c1nc(C)ccc1-n1nccn1. The summed E-state index contributed by atoms with van der Waals surface area (Å²) >= 11 is 0. The number of alkyl halides is 3. The van der Waals surface area contributed by atoms with Gasteiger partial charge in [-0.2, -0.15) is 23.4 Å². The first-order valence-corrected chi connectivity index (χ1v) is 9.70. The van der Waals surface area contributed by atoms with Gasteiger partial charge in [0, 0.05) is 37.6 Å². The number of pyridine rings is 1. The molecular weight excluding hydrogens is 411 g/mol. The second kappa shape index (κ2) is 9.19. The molecule has 0 saturated heterocycles. The summed E-state index contributed by atoms with van der Waals surface area (Å²) in [6, 6.07) is 3.33. The lowest BCUT2D eigenvalue weighted by atomic mass is 10.1. The fourth-order valence-corrected chi connectivity index (χ4v) is 3.14. The van der Waals surface area contributed by atoms with Gasteiger partial charge in [-0.3, -0.25) is 4.79 Å². The molecule has 0 aromatic carbocycles. The number of rotatable bonds is 7. The maximum Gasteiger partial charge on any atom is 0.419 e. The number of amides is 1. The van der Waals surface area contributed by atoms with Crippen LogP contribution in [0, 0.1) is 6.92 Å². The fraction of sp³-hybridized carbons (Fsp3) is 0.400. The zero-order valence-electron chi connectivity index (χ0n) is 17.3. The first kappa shape index (κ1) is 22.3. The average molecular weight is 433 g/mol.